The molecule has 6 heteroatoms. The van der Waals surface area contributed by atoms with E-state index in [4.69, 9.17) is 11.6 Å². The topological polar surface area (TPSA) is 77.3 Å². The highest BCUT2D eigenvalue weighted by atomic mass is 35.5. The molecule has 0 aromatic heterocycles. The van der Waals surface area contributed by atoms with Gasteiger partial charge in [0.05, 0.1) is 15.5 Å². The van der Waals surface area contributed by atoms with Gasteiger partial charge in [-0.2, -0.15) is 0 Å². The van der Waals surface area contributed by atoms with E-state index in [2.05, 4.69) is 0 Å². The molecule has 0 unspecified atom stereocenters. The van der Waals surface area contributed by atoms with Crippen molar-refractivity contribution in [1.29, 1.82) is 0 Å². The Bertz CT molecular complexity index is 798. The van der Waals surface area contributed by atoms with Crippen molar-refractivity contribution in [2.24, 2.45) is 0 Å². The number of benzene rings is 2. The first kappa shape index (κ1) is 12.5. The fourth-order valence-electron chi connectivity index (χ4n) is 2.32. The minimum absolute atomic E-state index is 0.0402. The number of nitrogens with zero attached hydrogens (tertiary/aromatic N) is 1. The van der Waals surface area contributed by atoms with E-state index in [1.54, 1.807) is 12.1 Å². The van der Waals surface area contributed by atoms with Crippen LogP contribution in [0.1, 0.15) is 31.8 Å². The Balaban J connectivity index is 2.41. The zero-order chi connectivity index (χ0) is 14.4. The molecule has 98 valence electrons. The second kappa shape index (κ2) is 4.25. The van der Waals surface area contributed by atoms with Crippen LogP contribution < -0.4 is 0 Å². The fraction of sp³-hybridized carbons (Fsp3) is 0. The number of halogens is 1. The van der Waals surface area contributed by atoms with Crippen LogP contribution in [0, 0.1) is 10.1 Å². The van der Waals surface area contributed by atoms with E-state index in [1.165, 1.54) is 18.2 Å². The smallest absolute Gasteiger partial charge is 0.281 e. The molecule has 0 spiro atoms. The van der Waals surface area contributed by atoms with Crippen LogP contribution in [0.3, 0.4) is 0 Å². The number of ketones is 2. The number of nitro groups is 1. The quantitative estimate of drug-likeness (QED) is 0.509. The van der Waals surface area contributed by atoms with E-state index in [0.29, 0.717) is 0 Å². The number of hydrogen-bond acceptors (Lipinski definition) is 4. The van der Waals surface area contributed by atoms with E-state index >= 15 is 0 Å². The standard InChI is InChI=1S/C14H6ClNO4/c15-9-5-6-10(16(19)20)12-11(9)13(17)7-3-1-2-4-8(7)14(12)18/h1-6H. The lowest BCUT2D eigenvalue weighted by molar-refractivity contribution is -0.385. The molecule has 0 fully saturated rings. The summed E-state index contributed by atoms with van der Waals surface area (Å²) in [4.78, 5) is 35.2. The molecule has 0 saturated heterocycles. The summed E-state index contributed by atoms with van der Waals surface area (Å²) < 4.78 is 0. The van der Waals surface area contributed by atoms with Crippen molar-refractivity contribution in [3.8, 4) is 0 Å². The summed E-state index contributed by atoms with van der Waals surface area (Å²) in [6.07, 6.45) is 0. The van der Waals surface area contributed by atoms with Gasteiger partial charge in [-0.15, -0.1) is 0 Å². The number of fused-ring (bicyclic) bond motifs is 2. The van der Waals surface area contributed by atoms with Gasteiger partial charge in [0.2, 0.25) is 5.78 Å². The van der Waals surface area contributed by atoms with Crippen LogP contribution in [0.2, 0.25) is 5.02 Å². The Morgan fingerprint density at radius 3 is 2.00 bits per heavy atom. The maximum atomic E-state index is 12.4. The molecular formula is C14H6ClNO4. The maximum absolute atomic E-state index is 12.4. The van der Waals surface area contributed by atoms with Crippen LogP contribution in [-0.4, -0.2) is 16.5 Å². The minimum Gasteiger partial charge on any atom is -0.288 e. The van der Waals surface area contributed by atoms with Gasteiger partial charge < -0.3 is 0 Å². The van der Waals surface area contributed by atoms with Gasteiger partial charge >= 0.3 is 0 Å². The number of carbonyl (C=O) groups is 2. The molecule has 0 aliphatic heterocycles. The monoisotopic (exact) mass is 287 g/mol. The summed E-state index contributed by atoms with van der Waals surface area (Å²) in [5.41, 5.74) is -0.351. The van der Waals surface area contributed by atoms with E-state index in [9.17, 15) is 19.7 Å². The predicted octanol–water partition coefficient (Wildman–Crippen LogP) is 3.02. The second-order valence-corrected chi connectivity index (χ2v) is 4.68. The van der Waals surface area contributed by atoms with Crippen molar-refractivity contribution < 1.29 is 14.5 Å². The van der Waals surface area contributed by atoms with Crippen LogP contribution >= 0.6 is 11.6 Å². The summed E-state index contributed by atoms with van der Waals surface area (Å²) in [7, 11) is 0. The highest BCUT2D eigenvalue weighted by molar-refractivity contribution is 6.39. The van der Waals surface area contributed by atoms with Crippen LogP contribution in [-0.2, 0) is 0 Å². The van der Waals surface area contributed by atoms with Gasteiger partial charge in [0.1, 0.15) is 5.56 Å². The highest BCUT2D eigenvalue weighted by Crippen LogP contribution is 2.36. The van der Waals surface area contributed by atoms with Gasteiger partial charge in [-0.3, -0.25) is 19.7 Å². The molecule has 0 amide bonds. The van der Waals surface area contributed by atoms with Crippen molar-refractivity contribution in [3.05, 3.63) is 73.8 Å². The van der Waals surface area contributed by atoms with Gasteiger partial charge in [-0.05, 0) is 6.07 Å². The molecule has 1 aliphatic rings. The van der Waals surface area contributed by atoms with Gasteiger partial charge in [-0.1, -0.05) is 35.9 Å². The molecule has 5 nitrogen and oxygen atoms in total. The first-order chi connectivity index (χ1) is 9.52. The Kier molecular flexibility index (Phi) is 2.65. The summed E-state index contributed by atoms with van der Waals surface area (Å²) in [6.45, 7) is 0. The Morgan fingerprint density at radius 2 is 1.45 bits per heavy atom. The molecule has 2 aromatic rings. The van der Waals surface area contributed by atoms with Gasteiger partial charge in [0, 0.05) is 17.2 Å². The van der Waals surface area contributed by atoms with Gasteiger partial charge in [-0.25, -0.2) is 0 Å². The number of hydrogen-bond donors (Lipinski definition) is 0. The molecule has 20 heavy (non-hydrogen) atoms. The molecule has 0 atom stereocenters. The third kappa shape index (κ3) is 1.57. The first-order valence-corrected chi connectivity index (χ1v) is 6.05. The normalized spacial score (nSPS) is 12.8. The minimum atomic E-state index is -0.686. The fourth-order valence-corrected chi connectivity index (χ4v) is 2.56. The van der Waals surface area contributed by atoms with Crippen molar-refractivity contribution in [2.75, 3.05) is 0 Å². The zero-order valence-electron chi connectivity index (χ0n) is 9.92. The maximum Gasteiger partial charge on any atom is 0.281 e. The average molecular weight is 288 g/mol. The largest absolute Gasteiger partial charge is 0.288 e. The van der Waals surface area contributed by atoms with E-state index in [-0.39, 0.29) is 27.3 Å². The average Bonchev–Trinajstić information content (AvgIpc) is 2.44. The van der Waals surface area contributed by atoms with Gasteiger partial charge in [0.25, 0.3) is 5.69 Å². The van der Waals surface area contributed by atoms with E-state index < -0.39 is 22.2 Å². The van der Waals surface area contributed by atoms with Crippen molar-refractivity contribution in [3.63, 3.8) is 0 Å². The number of nitro benzene ring substituents is 1. The van der Waals surface area contributed by atoms with Crippen molar-refractivity contribution in [2.45, 2.75) is 0 Å². The third-order valence-corrected chi connectivity index (χ3v) is 3.51. The summed E-state index contributed by atoms with van der Waals surface area (Å²) in [6, 6.07) is 8.61. The van der Waals surface area contributed by atoms with Crippen LogP contribution in [0.25, 0.3) is 0 Å². The Hall–Kier alpha value is -2.53. The summed E-state index contributed by atoms with van der Waals surface area (Å²) in [5, 5.41) is 11.1. The predicted molar refractivity (Wildman–Crippen MR) is 71.4 cm³/mol. The van der Waals surface area contributed by atoms with E-state index in [1.807, 2.05) is 0 Å². The molecule has 0 heterocycles. The molecule has 0 bridgehead atoms. The first-order valence-electron chi connectivity index (χ1n) is 5.67. The molecule has 0 N–H and O–H groups in total. The SMILES string of the molecule is O=C1c2ccccc2C(=O)c2c([N+](=O)[O-])ccc(Cl)c21. The summed E-state index contributed by atoms with van der Waals surface area (Å²) in [5.74, 6) is -1.02. The molecular weight excluding hydrogens is 282 g/mol. The lowest BCUT2D eigenvalue weighted by Crippen LogP contribution is -2.22. The van der Waals surface area contributed by atoms with Gasteiger partial charge in [0.15, 0.2) is 5.78 Å². The second-order valence-electron chi connectivity index (χ2n) is 4.28. The van der Waals surface area contributed by atoms with Crippen LogP contribution in [0.15, 0.2) is 36.4 Å². The lowest BCUT2D eigenvalue weighted by Gasteiger charge is -2.17. The molecule has 2 aromatic carbocycles. The van der Waals surface area contributed by atoms with Crippen LogP contribution in [0.5, 0.6) is 0 Å². The third-order valence-electron chi connectivity index (χ3n) is 3.20. The Labute approximate surface area is 117 Å². The zero-order valence-corrected chi connectivity index (χ0v) is 10.7. The lowest BCUT2D eigenvalue weighted by atomic mass is 9.83. The summed E-state index contributed by atoms with van der Waals surface area (Å²) >= 11 is 5.95. The molecule has 0 radical (unpaired) electrons. The van der Waals surface area contributed by atoms with Crippen LogP contribution in [0.4, 0.5) is 5.69 Å². The highest BCUT2D eigenvalue weighted by Gasteiger charge is 2.36. The van der Waals surface area contributed by atoms with E-state index in [0.717, 1.165) is 6.07 Å². The molecule has 0 saturated carbocycles. The molecule has 3 rings (SSSR count). The molecule has 1 aliphatic carbocycles. The number of rotatable bonds is 1. The number of carbonyl (C=O) groups excluding carboxylic acids is 2. The van der Waals surface area contributed by atoms with Crippen molar-refractivity contribution in [1.82, 2.24) is 0 Å². The van der Waals surface area contributed by atoms with Crippen molar-refractivity contribution >= 4 is 28.9 Å². The Morgan fingerprint density at radius 1 is 0.900 bits per heavy atom.